The van der Waals surface area contributed by atoms with Gasteiger partial charge in [0.1, 0.15) is 0 Å². The Labute approximate surface area is 119 Å². The third-order valence-electron chi connectivity index (χ3n) is 2.16. The molecule has 0 saturated heterocycles. The minimum atomic E-state index is -3.12. The predicted molar refractivity (Wildman–Crippen MR) is 76.2 cm³/mol. The van der Waals surface area contributed by atoms with Crippen molar-refractivity contribution in [2.24, 2.45) is 0 Å². The molecule has 2 rings (SSSR count). The topological polar surface area (TPSA) is 47.0 Å². The summed E-state index contributed by atoms with van der Waals surface area (Å²) in [4.78, 5) is 6.42. The van der Waals surface area contributed by atoms with Crippen molar-refractivity contribution in [1.29, 1.82) is 0 Å². The zero-order valence-corrected chi connectivity index (χ0v) is 12.7. The zero-order valence-electron chi connectivity index (χ0n) is 9.46. The quantitative estimate of drug-likeness (QED) is 0.809. The molecule has 0 saturated carbocycles. The zero-order chi connectivity index (χ0) is 13.2. The molecule has 18 heavy (non-hydrogen) atoms. The Kier molecular flexibility index (Phi) is 4.32. The smallest absolute Gasteiger partial charge is 0.183 e. The molecule has 96 valence electrons. The first-order valence-electron chi connectivity index (χ1n) is 4.98. The molecule has 0 amide bonds. The molecule has 3 nitrogen and oxygen atoms in total. The Balaban J connectivity index is 2.03. The molecule has 2 aromatic rings. The fraction of sp³-hybridized carbons (Fsp3) is 0.182. The molecule has 0 unspecified atom stereocenters. The Hall–Kier alpha value is -0.560. The van der Waals surface area contributed by atoms with Gasteiger partial charge in [-0.2, -0.15) is 0 Å². The summed E-state index contributed by atoms with van der Waals surface area (Å²) in [6, 6.07) is 6.86. The van der Waals surface area contributed by atoms with Crippen molar-refractivity contribution < 1.29 is 8.42 Å². The summed E-state index contributed by atoms with van der Waals surface area (Å²) in [7, 11) is -3.12. The molecule has 7 heteroatoms. The number of sulfone groups is 1. The Morgan fingerprint density at radius 2 is 2.00 bits per heavy atom. The van der Waals surface area contributed by atoms with Gasteiger partial charge in [0.2, 0.25) is 0 Å². The number of halogens is 1. The molecule has 0 atom stereocenters. The summed E-state index contributed by atoms with van der Waals surface area (Å²) < 4.78 is 23.1. The van der Waals surface area contributed by atoms with E-state index in [2.05, 4.69) is 4.98 Å². The number of hydrogen-bond acceptors (Lipinski definition) is 5. The minimum absolute atomic E-state index is 0.340. The van der Waals surface area contributed by atoms with E-state index in [4.69, 9.17) is 11.6 Å². The van der Waals surface area contributed by atoms with Gasteiger partial charge in [0.05, 0.1) is 4.90 Å². The molecule has 1 aromatic carbocycles. The molecule has 0 spiro atoms. The maximum Gasteiger partial charge on any atom is 0.183 e. The first-order valence-corrected chi connectivity index (χ1v) is 9.05. The maximum absolute atomic E-state index is 11.3. The van der Waals surface area contributed by atoms with Gasteiger partial charge in [0, 0.05) is 28.0 Å². The van der Waals surface area contributed by atoms with E-state index in [1.54, 1.807) is 30.1 Å². The Morgan fingerprint density at radius 1 is 1.33 bits per heavy atom. The monoisotopic (exact) mass is 319 g/mol. The largest absolute Gasteiger partial charge is 0.233 e. The molecule has 0 aliphatic heterocycles. The molecular weight excluding hydrogens is 310 g/mol. The van der Waals surface area contributed by atoms with E-state index in [9.17, 15) is 8.42 Å². The van der Waals surface area contributed by atoms with Crippen molar-refractivity contribution in [3.05, 3.63) is 39.8 Å². The molecule has 0 bridgehead atoms. The van der Waals surface area contributed by atoms with Crippen LogP contribution in [0.25, 0.3) is 0 Å². The molecule has 0 aliphatic rings. The highest BCUT2D eigenvalue weighted by Gasteiger charge is 2.06. The second-order valence-corrected chi connectivity index (χ2v) is 8.37. The van der Waals surface area contributed by atoms with Gasteiger partial charge in [0.15, 0.2) is 14.3 Å². The molecule has 0 radical (unpaired) electrons. The van der Waals surface area contributed by atoms with Crippen LogP contribution < -0.4 is 0 Å². The van der Waals surface area contributed by atoms with Crippen LogP contribution in [0.15, 0.2) is 40.3 Å². The molecule has 0 fully saturated rings. The fourth-order valence-electron chi connectivity index (χ4n) is 1.29. The number of nitrogens with zero attached hydrogens (tertiary/aromatic N) is 1. The van der Waals surface area contributed by atoms with E-state index in [-0.39, 0.29) is 0 Å². The lowest BCUT2D eigenvalue weighted by Gasteiger charge is -2.01. The van der Waals surface area contributed by atoms with Crippen LogP contribution in [0.3, 0.4) is 0 Å². The van der Waals surface area contributed by atoms with E-state index in [1.807, 2.05) is 12.1 Å². The number of aromatic nitrogens is 1. The van der Waals surface area contributed by atoms with Crippen molar-refractivity contribution in [3.63, 3.8) is 0 Å². The van der Waals surface area contributed by atoms with E-state index in [0.717, 1.165) is 15.5 Å². The van der Waals surface area contributed by atoms with Crippen LogP contribution in [0.5, 0.6) is 0 Å². The number of rotatable bonds is 4. The average molecular weight is 320 g/mol. The molecule has 0 aliphatic carbocycles. The SMILES string of the molecule is CS(=O)(=O)c1ccc(SCc2cnc(Cl)s2)cc1. The summed E-state index contributed by atoms with van der Waals surface area (Å²) in [5, 5.41) is 0. The molecular formula is C11H10ClNO2S3. The van der Waals surface area contributed by atoms with Gasteiger partial charge in [-0.25, -0.2) is 13.4 Å². The van der Waals surface area contributed by atoms with E-state index >= 15 is 0 Å². The van der Waals surface area contributed by atoms with Crippen molar-refractivity contribution in [1.82, 2.24) is 4.98 Å². The van der Waals surface area contributed by atoms with Crippen molar-refractivity contribution >= 4 is 44.5 Å². The third-order valence-corrected chi connectivity index (χ3v) is 5.65. The van der Waals surface area contributed by atoms with Crippen molar-refractivity contribution in [3.8, 4) is 0 Å². The van der Waals surface area contributed by atoms with Crippen LogP contribution in [0.2, 0.25) is 4.47 Å². The highest BCUT2D eigenvalue weighted by molar-refractivity contribution is 7.98. The van der Waals surface area contributed by atoms with E-state index in [0.29, 0.717) is 9.36 Å². The van der Waals surface area contributed by atoms with Gasteiger partial charge in [0.25, 0.3) is 0 Å². The van der Waals surface area contributed by atoms with Crippen LogP contribution in [-0.4, -0.2) is 19.7 Å². The van der Waals surface area contributed by atoms with Crippen molar-refractivity contribution in [2.45, 2.75) is 15.5 Å². The minimum Gasteiger partial charge on any atom is -0.233 e. The summed E-state index contributed by atoms with van der Waals surface area (Å²) in [6.45, 7) is 0. The van der Waals surface area contributed by atoms with Gasteiger partial charge in [-0.3, -0.25) is 0 Å². The molecule has 0 N–H and O–H groups in total. The van der Waals surface area contributed by atoms with Gasteiger partial charge >= 0.3 is 0 Å². The molecule has 1 heterocycles. The Bertz CT molecular complexity index is 635. The summed E-state index contributed by atoms with van der Waals surface area (Å²) in [6.07, 6.45) is 2.96. The lowest BCUT2D eigenvalue weighted by Crippen LogP contribution is -1.95. The number of thioether (sulfide) groups is 1. The van der Waals surface area contributed by atoms with Crippen molar-refractivity contribution in [2.75, 3.05) is 6.26 Å². The van der Waals surface area contributed by atoms with Crippen LogP contribution in [0.4, 0.5) is 0 Å². The first-order chi connectivity index (χ1) is 8.45. The highest BCUT2D eigenvalue weighted by Crippen LogP contribution is 2.27. The second-order valence-electron chi connectivity index (χ2n) is 3.61. The highest BCUT2D eigenvalue weighted by atomic mass is 35.5. The van der Waals surface area contributed by atoms with E-state index in [1.165, 1.54) is 17.6 Å². The van der Waals surface area contributed by atoms with Gasteiger partial charge in [-0.1, -0.05) is 11.6 Å². The third kappa shape index (κ3) is 3.71. The van der Waals surface area contributed by atoms with Crippen LogP contribution in [0.1, 0.15) is 4.88 Å². The first kappa shape index (κ1) is 13.9. The summed E-state index contributed by atoms with van der Waals surface area (Å²) in [5.41, 5.74) is 0. The van der Waals surface area contributed by atoms with Gasteiger partial charge in [-0.15, -0.1) is 23.1 Å². The number of hydrogen-bond donors (Lipinski definition) is 0. The lowest BCUT2D eigenvalue weighted by atomic mass is 10.4. The molecule has 1 aromatic heterocycles. The summed E-state index contributed by atoms with van der Waals surface area (Å²) in [5.74, 6) is 0.780. The summed E-state index contributed by atoms with van der Waals surface area (Å²) >= 11 is 8.82. The normalized spacial score (nSPS) is 11.7. The fourth-order valence-corrected chi connectivity index (χ4v) is 3.82. The van der Waals surface area contributed by atoms with Gasteiger partial charge in [-0.05, 0) is 24.3 Å². The van der Waals surface area contributed by atoms with Crippen LogP contribution in [0, 0.1) is 0 Å². The Morgan fingerprint density at radius 3 is 2.50 bits per heavy atom. The standard InChI is InChI=1S/C11H10ClNO2S3/c1-18(14,15)10-4-2-8(3-5-10)16-7-9-6-13-11(12)17-9/h2-6H,7H2,1H3. The van der Waals surface area contributed by atoms with Crippen LogP contribution in [-0.2, 0) is 15.6 Å². The maximum atomic E-state index is 11.3. The average Bonchev–Trinajstić information content (AvgIpc) is 2.72. The lowest BCUT2D eigenvalue weighted by molar-refractivity contribution is 0.602. The van der Waals surface area contributed by atoms with Crippen LogP contribution >= 0.6 is 34.7 Å². The number of benzene rings is 1. The number of thiazole rings is 1. The van der Waals surface area contributed by atoms with Gasteiger partial charge < -0.3 is 0 Å². The predicted octanol–water partition coefficient (Wildman–Crippen LogP) is 3.49. The van der Waals surface area contributed by atoms with E-state index < -0.39 is 9.84 Å². The second kappa shape index (κ2) is 5.61.